The average molecular weight is 759 g/mol. The predicted molar refractivity (Wildman–Crippen MR) is 247 cm³/mol. The van der Waals surface area contributed by atoms with E-state index in [4.69, 9.17) is 0 Å². The van der Waals surface area contributed by atoms with Gasteiger partial charge in [-0.3, -0.25) is 0 Å². The van der Waals surface area contributed by atoms with Gasteiger partial charge in [0.2, 0.25) is 0 Å². The highest BCUT2D eigenvalue weighted by Crippen LogP contribution is 2.56. The standard InChI is InChI=1S/C57H46N2/c1-3-9-40(10-4-1)41-15-23-49(24-16-41)58(50-25-17-42(18-26-50)44-21-29-52-46-32-38-31-39(33-46)35-47(34-38)55(52)36-44)51-27-19-43(20-28-51)45-22-30-54-53-13-7-8-14-56(53)59(57(54)37-45)48-11-5-2-6-12-48/h1-30,36-39,46-47H,31-35H2. The monoisotopic (exact) mass is 758 g/mol. The molecule has 0 N–H and O–H groups in total. The first kappa shape index (κ1) is 34.4. The summed E-state index contributed by atoms with van der Waals surface area (Å²) in [5.74, 6) is 3.39. The van der Waals surface area contributed by atoms with Crippen LogP contribution in [0.2, 0.25) is 0 Å². The molecule has 2 heteroatoms. The minimum Gasteiger partial charge on any atom is -0.311 e. The number of fused-ring (bicyclic) bond motifs is 3. The molecule has 0 spiro atoms. The van der Waals surface area contributed by atoms with Gasteiger partial charge >= 0.3 is 0 Å². The largest absolute Gasteiger partial charge is 0.311 e. The Morgan fingerprint density at radius 3 is 1.42 bits per heavy atom. The van der Waals surface area contributed by atoms with Crippen molar-refractivity contribution in [3.05, 3.63) is 205 Å². The Balaban J connectivity index is 0.908. The van der Waals surface area contributed by atoms with Crippen LogP contribution in [0.1, 0.15) is 55.1 Å². The van der Waals surface area contributed by atoms with Crippen molar-refractivity contribution in [3.63, 3.8) is 0 Å². The highest BCUT2D eigenvalue weighted by Gasteiger charge is 2.42. The second-order valence-electron chi connectivity index (χ2n) is 17.4. The van der Waals surface area contributed by atoms with Crippen LogP contribution in [0.25, 0.3) is 60.9 Å². The van der Waals surface area contributed by atoms with E-state index in [0.29, 0.717) is 0 Å². The highest BCUT2D eigenvalue weighted by atomic mass is 15.1. The van der Waals surface area contributed by atoms with Gasteiger partial charge < -0.3 is 9.47 Å². The minimum atomic E-state index is 0.744. The molecular formula is C57H46N2. The summed E-state index contributed by atoms with van der Waals surface area (Å²) in [5.41, 5.74) is 17.8. The molecule has 13 rings (SSSR count). The molecule has 1 aromatic heterocycles. The molecule has 4 aliphatic carbocycles. The van der Waals surface area contributed by atoms with Gasteiger partial charge in [-0.05, 0) is 161 Å². The maximum absolute atomic E-state index is 2.56. The third-order valence-electron chi connectivity index (χ3n) is 13.9. The number of hydrogen-bond acceptors (Lipinski definition) is 1. The molecule has 2 nitrogen and oxygen atoms in total. The average Bonchev–Trinajstić information content (AvgIpc) is 3.53. The molecule has 284 valence electrons. The van der Waals surface area contributed by atoms with Crippen LogP contribution in [0, 0.1) is 11.8 Å². The molecule has 2 fully saturated rings. The van der Waals surface area contributed by atoms with E-state index in [2.05, 4.69) is 204 Å². The van der Waals surface area contributed by atoms with E-state index in [-0.39, 0.29) is 0 Å². The van der Waals surface area contributed by atoms with E-state index in [9.17, 15) is 0 Å². The van der Waals surface area contributed by atoms with E-state index >= 15 is 0 Å². The topological polar surface area (TPSA) is 8.17 Å². The minimum absolute atomic E-state index is 0.744. The molecule has 2 saturated carbocycles. The molecule has 0 saturated heterocycles. The number of para-hydroxylation sites is 2. The molecule has 59 heavy (non-hydrogen) atoms. The number of benzene rings is 8. The summed E-state index contributed by atoms with van der Waals surface area (Å²) in [5, 5.41) is 2.54. The van der Waals surface area contributed by atoms with Crippen molar-refractivity contribution in [1.29, 1.82) is 0 Å². The fourth-order valence-electron chi connectivity index (χ4n) is 11.3. The Morgan fingerprint density at radius 2 is 0.797 bits per heavy atom. The molecule has 2 atom stereocenters. The van der Waals surface area contributed by atoms with Crippen molar-refractivity contribution in [2.24, 2.45) is 11.8 Å². The molecular weight excluding hydrogens is 713 g/mol. The fraction of sp³-hybridized carbons (Fsp3) is 0.158. The summed E-state index contributed by atoms with van der Waals surface area (Å²) < 4.78 is 2.40. The van der Waals surface area contributed by atoms with Crippen molar-refractivity contribution in [3.8, 4) is 39.1 Å². The third kappa shape index (κ3) is 6.00. The van der Waals surface area contributed by atoms with E-state index in [1.165, 1.54) is 93.0 Å². The Morgan fingerprint density at radius 1 is 0.339 bits per heavy atom. The number of rotatable bonds is 7. The van der Waals surface area contributed by atoms with E-state index in [1.807, 2.05) is 0 Å². The smallest absolute Gasteiger partial charge is 0.0547 e. The van der Waals surface area contributed by atoms with Gasteiger partial charge in [-0.15, -0.1) is 0 Å². The number of anilines is 3. The molecule has 2 unspecified atom stereocenters. The van der Waals surface area contributed by atoms with Gasteiger partial charge in [-0.1, -0.05) is 133 Å². The van der Waals surface area contributed by atoms with Gasteiger partial charge in [0.1, 0.15) is 0 Å². The molecule has 4 bridgehead atoms. The van der Waals surface area contributed by atoms with Crippen molar-refractivity contribution >= 4 is 38.9 Å². The van der Waals surface area contributed by atoms with Crippen LogP contribution in [-0.4, -0.2) is 4.57 Å². The van der Waals surface area contributed by atoms with Crippen molar-refractivity contribution in [1.82, 2.24) is 4.57 Å². The first-order valence-corrected chi connectivity index (χ1v) is 21.6. The quantitative estimate of drug-likeness (QED) is 0.157. The molecule has 0 amide bonds. The van der Waals surface area contributed by atoms with E-state index in [0.717, 1.165) is 40.7 Å². The maximum Gasteiger partial charge on any atom is 0.0547 e. The number of hydrogen-bond donors (Lipinski definition) is 0. The van der Waals surface area contributed by atoms with Gasteiger partial charge in [0.25, 0.3) is 0 Å². The van der Waals surface area contributed by atoms with Gasteiger partial charge in [0, 0.05) is 33.5 Å². The number of nitrogens with zero attached hydrogens (tertiary/aromatic N) is 2. The molecule has 0 radical (unpaired) electrons. The summed E-state index contributed by atoms with van der Waals surface area (Å²) in [7, 11) is 0. The zero-order valence-corrected chi connectivity index (χ0v) is 33.2. The lowest BCUT2D eigenvalue weighted by Crippen LogP contribution is -2.25. The van der Waals surface area contributed by atoms with Crippen molar-refractivity contribution in [2.75, 3.05) is 4.90 Å². The second kappa shape index (κ2) is 14.0. The second-order valence-corrected chi connectivity index (χ2v) is 17.4. The SMILES string of the molecule is c1ccc(-c2ccc(N(c3ccc(-c4ccc5c(c4)C4CC6CC(CC5C6)C4)cc3)c3ccc(-c4ccc5c6ccccc6n(-c6ccccc6)c5c4)cc3)cc2)cc1. The van der Waals surface area contributed by atoms with Gasteiger partial charge in [-0.25, -0.2) is 0 Å². The summed E-state index contributed by atoms with van der Waals surface area (Å²) in [6, 6.07) is 71.9. The Bertz CT molecular complexity index is 2950. The van der Waals surface area contributed by atoms with Crippen LogP contribution in [0.4, 0.5) is 17.1 Å². The van der Waals surface area contributed by atoms with Crippen LogP contribution in [0.5, 0.6) is 0 Å². The van der Waals surface area contributed by atoms with E-state index < -0.39 is 0 Å². The normalized spacial score (nSPS) is 19.2. The van der Waals surface area contributed by atoms with Crippen molar-refractivity contribution < 1.29 is 0 Å². The van der Waals surface area contributed by atoms with Crippen LogP contribution < -0.4 is 4.90 Å². The van der Waals surface area contributed by atoms with Crippen LogP contribution in [0.3, 0.4) is 0 Å². The summed E-state index contributed by atoms with van der Waals surface area (Å²) >= 11 is 0. The summed E-state index contributed by atoms with van der Waals surface area (Å²) in [4.78, 5) is 2.39. The molecule has 4 aliphatic rings. The zero-order valence-electron chi connectivity index (χ0n) is 33.2. The zero-order chi connectivity index (χ0) is 38.9. The van der Waals surface area contributed by atoms with E-state index in [1.54, 1.807) is 11.1 Å². The predicted octanol–water partition coefficient (Wildman–Crippen LogP) is 15.6. The third-order valence-corrected chi connectivity index (χ3v) is 13.9. The molecule has 9 aromatic rings. The number of aromatic nitrogens is 1. The van der Waals surface area contributed by atoms with Crippen molar-refractivity contribution in [2.45, 2.75) is 43.9 Å². The van der Waals surface area contributed by atoms with Gasteiger partial charge in [0.05, 0.1) is 11.0 Å². The fourth-order valence-corrected chi connectivity index (χ4v) is 11.3. The first-order chi connectivity index (χ1) is 29.2. The lowest BCUT2D eigenvalue weighted by atomic mass is 9.67. The lowest BCUT2D eigenvalue weighted by molar-refractivity contribution is 0.166. The van der Waals surface area contributed by atoms with Gasteiger partial charge in [-0.2, -0.15) is 0 Å². The lowest BCUT2D eigenvalue weighted by Gasteiger charge is -2.38. The Hall–Kier alpha value is -6.64. The van der Waals surface area contributed by atoms with Crippen LogP contribution in [0.15, 0.2) is 194 Å². The molecule has 0 aliphatic heterocycles. The highest BCUT2D eigenvalue weighted by molar-refractivity contribution is 6.10. The summed E-state index contributed by atoms with van der Waals surface area (Å²) in [6.07, 6.45) is 7.08. The molecule has 8 aromatic carbocycles. The van der Waals surface area contributed by atoms with Crippen LogP contribution >= 0.6 is 0 Å². The Labute approximate surface area is 347 Å². The van der Waals surface area contributed by atoms with Crippen LogP contribution in [-0.2, 0) is 0 Å². The molecule has 1 heterocycles. The van der Waals surface area contributed by atoms with Gasteiger partial charge in [0.15, 0.2) is 0 Å². The summed E-state index contributed by atoms with van der Waals surface area (Å²) in [6.45, 7) is 0. The maximum atomic E-state index is 2.56. The first-order valence-electron chi connectivity index (χ1n) is 21.6. The Kier molecular flexibility index (Phi) is 8.18.